The van der Waals surface area contributed by atoms with Crippen molar-refractivity contribution >= 4 is 45.7 Å². The van der Waals surface area contributed by atoms with E-state index in [1.807, 2.05) is 13.8 Å². The van der Waals surface area contributed by atoms with Crippen LogP contribution in [-0.4, -0.2) is 41.4 Å². The average molecular weight is 783 g/mol. The molecule has 0 saturated carbocycles. The lowest BCUT2D eigenvalue weighted by Crippen LogP contribution is -2.18. The van der Waals surface area contributed by atoms with Gasteiger partial charge >= 0.3 is 5.97 Å². The number of hydrogen-bond donors (Lipinski definition) is 2. The molecule has 0 aromatic heterocycles. The zero-order valence-corrected chi connectivity index (χ0v) is 31.9. The van der Waals surface area contributed by atoms with Gasteiger partial charge in [-0.25, -0.2) is 15.0 Å². The lowest BCUT2D eigenvalue weighted by molar-refractivity contribution is -0.140. The summed E-state index contributed by atoms with van der Waals surface area (Å²) in [4.78, 5) is 28.0. The number of nitrogens with one attached hydrogen (secondary N) is 1. The third kappa shape index (κ3) is 6.02. The first-order valence-corrected chi connectivity index (χ1v) is 18.5. The van der Waals surface area contributed by atoms with Crippen molar-refractivity contribution < 1.29 is 19.4 Å². The third-order valence-corrected chi connectivity index (χ3v) is 11.4. The van der Waals surface area contributed by atoms with Gasteiger partial charge in [-0.1, -0.05) is 26.0 Å². The van der Waals surface area contributed by atoms with Gasteiger partial charge in [-0.05, 0) is 121 Å². The van der Waals surface area contributed by atoms with Crippen LogP contribution in [0.1, 0.15) is 72.8 Å². The minimum atomic E-state index is -0.277. The number of ether oxygens (including phenoxy) is 2. The van der Waals surface area contributed by atoms with Gasteiger partial charge in [-0.2, -0.15) is 0 Å². The molecule has 5 heterocycles. The van der Waals surface area contributed by atoms with Crippen molar-refractivity contribution in [3.05, 3.63) is 125 Å². The van der Waals surface area contributed by atoms with Gasteiger partial charge in [0, 0.05) is 56.4 Å². The molecule has 0 amide bonds. The molecule has 258 valence electrons. The van der Waals surface area contributed by atoms with Crippen LogP contribution in [0.5, 0.6) is 0 Å². The van der Waals surface area contributed by atoms with Crippen molar-refractivity contribution in [2.45, 2.75) is 79.9 Å². The van der Waals surface area contributed by atoms with E-state index in [1.165, 1.54) is 10.7 Å². The van der Waals surface area contributed by atoms with Crippen LogP contribution in [0.3, 0.4) is 0 Å². The number of esters is 1. The average Bonchev–Trinajstić information content (AvgIpc) is 3.85. The summed E-state index contributed by atoms with van der Waals surface area (Å²) < 4.78 is 12.7. The molecule has 6 aliphatic rings. The minimum absolute atomic E-state index is 0.217. The Bertz CT molecular complexity index is 2080. The highest BCUT2D eigenvalue weighted by molar-refractivity contribution is 14.1. The van der Waals surface area contributed by atoms with Gasteiger partial charge in [-0.3, -0.25) is 4.79 Å². The van der Waals surface area contributed by atoms with E-state index in [2.05, 4.69) is 98.1 Å². The van der Waals surface area contributed by atoms with Gasteiger partial charge in [-0.15, -0.1) is 0 Å². The summed E-state index contributed by atoms with van der Waals surface area (Å²) in [6, 6.07) is 8.38. The first-order chi connectivity index (χ1) is 24.0. The number of rotatable bonds is 8. The van der Waals surface area contributed by atoms with E-state index in [1.54, 1.807) is 0 Å². The number of aliphatic hydroxyl groups is 1. The molecule has 9 heteroatoms. The third-order valence-electron chi connectivity index (χ3n) is 10.8. The van der Waals surface area contributed by atoms with Crippen LogP contribution in [0.25, 0.3) is 0 Å². The number of fused-ring (bicyclic) bond motifs is 5. The Morgan fingerprint density at radius 3 is 2.60 bits per heavy atom. The Hall–Kier alpha value is -4.09. The van der Waals surface area contributed by atoms with Gasteiger partial charge in [0.15, 0.2) is 0 Å². The summed E-state index contributed by atoms with van der Waals surface area (Å²) in [6.45, 7) is 13.3. The molecule has 5 aliphatic heterocycles. The Morgan fingerprint density at radius 2 is 1.86 bits per heavy atom. The second-order valence-electron chi connectivity index (χ2n) is 13.7. The topological polar surface area (TPSA) is 105 Å². The number of carbonyl (C=O) groups excluding carboxylic acids is 1. The van der Waals surface area contributed by atoms with E-state index in [0.29, 0.717) is 25.2 Å². The number of nitrogens with zero attached hydrogens (tertiary/aromatic N) is 3. The van der Waals surface area contributed by atoms with Crippen molar-refractivity contribution in [1.82, 2.24) is 5.32 Å². The molecule has 2 N–H and O–H groups in total. The van der Waals surface area contributed by atoms with E-state index in [-0.39, 0.29) is 30.3 Å². The number of methoxy groups -OCH3 is 1. The molecule has 0 spiro atoms. The summed E-state index contributed by atoms with van der Waals surface area (Å²) in [5.41, 5.74) is 14.9. The fourth-order valence-corrected chi connectivity index (χ4v) is 8.52. The summed E-state index contributed by atoms with van der Waals surface area (Å²) in [7, 11) is 1.41. The largest absolute Gasteiger partial charge is 0.511 e. The van der Waals surface area contributed by atoms with Crippen molar-refractivity contribution in [3.8, 4) is 0 Å². The van der Waals surface area contributed by atoms with Gasteiger partial charge in [0.25, 0.3) is 0 Å². The van der Waals surface area contributed by atoms with Crippen LogP contribution in [0.2, 0.25) is 0 Å². The Morgan fingerprint density at radius 1 is 1.06 bits per heavy atom. The first kappa shape index (κ1) is 34.4. The highest BCUT2D eigenvalue weighted by Gasteiger charge is 2.39. The molecular formula is C41H43IN4O4. The SMILES string of the molecule is CC[C@H]1C2=CC3=C(C)C4=C(O)CC(=C5N=C(C=C6N=C(C=C(N2)[C@@H]1C)C(C(C)OCc1cccc(I)c1)=C6C)C(C)=C5CCC(=O)OC)C4=N3. The van der Waals surface area contributed by atoms with E-state index in [0.717, 1.165) is 96.6 Å². The van der Waals surface area contributed by atoms with Gasteiger partial charge in [0.2, 0.25) is 0 Å². The second-order valence-corrected chi connectivity index (χ2v) is 15.0. The summed E-state index contributed by atoms with van der Waals surface area (Å²) >= 11 is 2.33. The standard InChI is InChI=1S/C41H43IN4O4/c1-8-27-20(2)30-18-35-38(24(6)50-19-25-10-9-11-26(42)14-25)22(4)32(44-35)16-31-21(3)28(12-13-37(48)49-7)40(45-31)29-15-36(47)39-23(5)33(46-41(29)39)17-34(27)43-30/h9-11,14,16-18,20,24,27,43,47H,8,12-13,15,19H2,1-7H3/t20-,24?,27-/m1/s1. The molecule has 50 heavy (non-hydrogen) atoms. The number of aliphatic imine (C=N–C) groups is 3. The molecule has 7 rings (SSSR count). The molecule has 1 fully saturated rings. The van der Waals surface area contributed by atoms with Crippen LogP contribution in [0.4, 0.5) is 0 Å². The van der Waals surface area contributed by atoms with Crippen LogP contribution in [0, 0.1) is 15.4 Å². The molecule has 1 aliphatic carbocycles. The lowest BCUT2D eigenvalue weighted by Gasteiger charge is -2.17. The first-order valence-electron chi connectivity index (χ1n) is 17.4. The zero-order valence-electron chi connectivity index (χ0n) is 29.7. The van der Waals surface area contributed by atoms with Gasteiger partial charge in [0.05, 0.1) is 54.0 Å². The Labute approximate surface area is 307 Å². The Balaban J connectivity index is 1.39. The quantitative estimate of drug-likeness (QED) is 0.203. The molecule has 1 saturated heterocycles. The van der Waals surface area contributed by atoms with E-state index in [9.17, 15) is 9.90 Å². The van der Waals surface area contributed by atoms with Crippen LogP contribution in [-0.2, 0) is 20.9 Å². The number of allylic oxidation sites excluding steroid dienone is 11. The second kappa shape index (κ2) is 13.6. The zero-order chi connectivity index (χ0) is 35.4. The Kier molecular flexibility index (Phi) is 9.32. The maximum atomic E-state index is 12.3. The van der Waals surface area contributed by atoms with Crippen LogP contribution < -0.4 is 5.32 Å². The summed E-state index contributed by atoms with van der Waals surface area (Å²) in [6.07, 6.45) is 8.18. The highest BCUT2D eigenvalue weighted by atomic mass is 127. The fourth-order valence-electron chi connectivity index (χ4n) is 7.91. The number of halogens is 1. The molecule has 0 radical (unpaired) electrons. The summed E-state index contributed by atoms with van der Waals surface area (Å²) in [5.74, 6) is 0.540. The predicted octanol–water partition coefficient (Wildman–Crippen LogP) is 8.82. The lowest BCUT2D eigenvalue weighted by atomic mass is 9.89. The molecule has 1 aromatic rings. The number of hydrogen-bond acceptors (Lipinski definition) is 8. The van der Waals surface area contributed by atoms with Gasteiger partial charge < -0.3 is 19.9 Å². The minimum Gasteiger partial charge on any atom is -0.511 e. The van der Waals surface area contributed by atoms with E-state index < -0.39 is 0 Å². The molecule has 8 nitrogen and oxygen atoms in total. The predicted molar refractivity (Wildman–Crippen MR) is 207 cm³/mol. The van der Waals surface area contributed by atoms with Gasteiger partial charge in [0.1, 0.15) is 5.76 Å². The number of benzene rings is 1. The monoisotopic (exact) mass is 782 g/mol. The molecular weight excluding hydrogens is 739 g/mol. The van der Waals surface area contributed by atoms with Crippen molar-refractivity contribution in [1.29, 1.82) is 0 Å². The normalized spacial score (nSPS) is 23.3. The van der Waals surface area contributed by atoms with Crippen molar-refractivity contribution in [3.63, 3.8) is 0 Å². The molecule has 3 atom stereocenters. The summed E-state index contributed by atoms with van der Waals surface area (Å²) in [5, 5.41) is 15.1. The molecule has 1 unspecified atom stereocenters. The highest BCUT2D eigenvalue weighted by Crippen LogP contribution is 2.46. The smallest absolute Gasteiger partial charge is 0.305 e. The van der Waals surface area contributed by atoms with E-state index in [4.69, 9.17) is 24.5 Å². The van der Waals surface area contributed by atoms with E-state index >= 15 is 0 Å². The molecule has 1 aromatic carbocycles. The number of aliphatic hydroxyl groups excluding tert-OH is 1. The van der Waals surface area contributed by atoms with Crippen LogP contribution >= 0.6 is 22.6 Å². The van der Waals surface area contributed by atoms with Crippen LogP contribution in [0.15, 0.2) is 131 Å². The fraction of sp³-hybridized carbons (Fsp3) is 0.366. The van der Waals surface area contributed by atoms with Crippen molar-refractivity contribution in [2.75, 3.05) is 7.11 Å². The number of carbonyl (C=O) groups is 1. The van der Waals surface area contributed by atoms with Crippen molar-refractivity contribution in [2.24, 2.45) is 26.8 Å². The molecule has 8 bridgehead atoms. The maximum Gasteiger partial charge on any atom is 0.305 e. The maximum absolute atomic E-state index is 12.3.